The van der Waals surface area contributed by atoms with E-state index in [0.717, 1.165) is 35.1 Å². The first kappa shape index (κ1) is 22.7. The molecule has 0 saturated heterocycles. The van der Waals surface area contributed by atoms with E-state index in [4.69, 9.17) is 4.74 Å². The first-order chi connectivity index (χ1) is 16.9. The van der Waals surface area contributed by atoms with Crippen LogP contribution >= 0.6 is 0 Å². The molecule has 7 nitrogen and oxygen atoms in total. The number of amides is 2. The maximum atomic E-state index is 13.0. The van der Waals surface area contributed by atoms with E-state index in [9.17, 15) is 19.5 Å². The summed E-state index contributed by atoms with van der Waals surface area (Å²) in [6, 6.07) is 22.6. The Balaban J connectivity index is 1.29. The van der Waals surface area contributed by atoms with Gasteiger partial charge < -0.3 is 15.2 Å². The highest BCUT2D eigenvalue weighted by Gasteiger charge is 2.48. The van der Waals surface area contributed by atoms with Crippen LogP contribution in [0.1, 0.15) is 47.2 Å². The van der Waals surface area contributed by atoms with Crippen LogP contribution in [0.25, 0.3) is 11.1 Å². The lowest BCUT2D eigenvalue weighted by Gasteiger charge is -2.26. The van der Waals surface area contributed by atoms with Gasteiger partial charge in [-0.15, -0.1) is 0 Å². The second kappa shape index (κ2) is 8.91. The number of para-hydroxylation sites is 1. The molecule has 3 N–H and O–H groups in total. The van der Waals surface area contributed by atoms with Crippen molar-refractivity contribution >= 4 is 23.7 Å². The van der Waals surface area contributed by atoms with Gasteiger partial charge in [-0.3, -0.25) is 10.1 Å². The van der Waals surface area contributed by atoms with Crippen LogP contribution in [0.4, 0.5) is 10.5 Å². The van der Waals surface area contributed by atoms with Crippen LogP contribution in [0.5, 0.6) is 0 Å². The molecule has 3 aromatic rings. The highest BCUT2D eigenvalue weighted by molar-refractivity contribution is 6.04. The summed E-state index contributed by atoms with van der Waals surface area (Å²) in [6.45, 7) is 1.67. The van der Waals surface area contributed by atoms with Crippen LogP contribution < -0.4 is 10.6 Å². The van der Waals surface area contributed by atoms with Crippen LogP contribution in [0.15, 0.2) is 72.8 Å². The Morgan fingerprint density at radius 2 is 1.49 bits per heavy atom. The quantitative estimate of drug-likeness (QED) is 0.449. The standard InChI is InChI=1S/C28H26N2O5/c1-28(26(32)33,17-14-15-17)30-25(31)22-12-6-7-13-24(22)29-27(34)35-16-23-20-10-4-2-8-18(20)19-9-3-5-11-21(19)23/h2-13,17,23H,14-16H2,1H3,(H,29,34)(H,30,31)(H,32,33). The summed E-state index contributed by atoms with van der Waals surface area (Å²) in [5.74, 6) is -1.82. The van der Waals surface area contributed by atoms with Crippen molar-refractivity contribution in [1.82, 2.24) is 5.32 Å². The van der Waals surface area contributed by atoms with Gasteiger partial charge in [0.25, 0.3) is 5.91 Å². The van der Waals surface area contributed by atoms with E-state index in [1.54, 1.807) is 24.3 Å². The predicted molar refractivity (Wildman–Crippen MR) is 131 cm³/mol. The Labute approximate surface area is 203 Å². The lowest BCUT2D eigenvalue weighted by Crippen LogP contribution is -2.54. The molecule has 0 radical (unpaired) electrons. The smallest absolute Gasteiger partial charge is 0.411 e. The first-order valence-electron chi connectivity index (χ1n) is 11.7. The lowest BCUT2D eigenvalue weighted by molar-refractivity contribution is -0.144. The number of ether oxygens (including phenoxy) is 1. The fourth-order valence-electron chi connectivity index (χ4n) is 4.83. The van der Waals surface area contributed by atoms with Gasteiger partial charge in [-0.25, -0.2) is 9.59 Å². The molecule has 0 aromatic heterocycles. The summed E-state index contributed by atoms with van der Waals surface area (Å²) in [5, 5.41) is 15.0. The molecule has 5 rings (SSSR count). The zero-order valence-corrected chi connectivity index (χ0v) is 19.3. The second-order valence-corrected chi connectivity index (χ2v) is 9.23. The number of benzene rings is 3. The Morgan fingerprint density at radius 3 is 2.09 bits per heavy atom. The molecule has 7 heteroatoms. The molecular formula is C28H26N2O5. The molecule has 1 saturated carbocycles. The number of rotatable bonds is 7. The van der Waals surface area contributed by atoms with Crippen molar-refractivity contribution in [3.05, 3.63) is 89.5 Å². The molecule has 0 bridgehead atoms. The Kier molecular flexibility index (Phi) is 5.76. The van der Waals surface area contributed by atoms with E-state index in [1.165, 1.54) is 6.92 Å². The number of carboxylic acids is 1. The molecule has 178 valence electrons. The minimum atomic E-state index is -1.35. The van der Waals surface area contributed by atoms with Crippen LogP contribution in [0.3, 0.4) is 0 Å². The summed E-state index contributed by atoms with van der Waals surface area (Å²) in [7, 11) is 0. The van der Waals surface area contributed by atoms with Crippen LogP contribution in [0, 0.1) is 5.92 Å². The van der Waals surface area contributed by atoms with Gasteiger partial charge in [-0.05, 0) is 60.1 Å². The molecule has 1 atom stereocenters. The van der Waals surface area contributed by atoms with Crippen LogP contribution in [0.2, 0.25) is 0 Å². The van der Waals surface area contributed by atoms with Gasteiger partial charge >= 0.3 is 12.1 Å². The number of hydrogen-bond donors (Lipinski definition) is 3. The van der Waals surface area contributed by atoms with Gasteiger partial charge in [0.2, 0.25) is 0 Å². The van der Waals surface area contributed by atoms with Gasteiger partial charge in [0.15, 0.2) is 0 Å². The highest BCUT2D eigenvalue weighted by Crippen LogP contribution is 2.44. The number of carbonyl (C=O) groups excluding carboxylic acids is 2. The lowest BCUT2D eigenvalue weighted by atomic mass is 9.95. The molecular weight excluding hydrogens is 444 g/mol. The van der Waals surface area contributed by atoms with E-state index >= 15 is 0 Å². The predicted octanol–water partition coefficient (Wildman–Crippen LogP) is 5.03. The maximum Gasteiger partial charge on any atom is 0.411 e. The third-order valence-electron chi connectivity index (χ3n) is 6.96. The summed E-state index contributed by atoms with van der Waals surface area (Å²) in [5.41, 5.74) is 3.56. The van der Waals surface area contributed by atoms with E-state index in [2.05, 4.69) is 22.8 Å². The summed E-state index contributed by atoms with van der Waals surface area (Å²) < 4.78 is 5.59. The average Bonchev–Trinajstić information content (AvgIpc) is 3.67. The molecule has 0 heterocycles. The topological polar surface area (TPSA) is 105 Å². The van der Waals surface area contributed by atoms with Crippen molar-refractivity contribution in [3.63, 3.8) is 0 Å². The van der Waals surface area contributed by atoms with Gasteiger partial charge in [0.05, 0.1) is 11.3 Å². The summed E-state index contributed by atoms with van der Waals surface area (Å²) in [6.07, 6.45) is 0.821. The van der Waals surface area contributed by atoms with Crippen molar-refractivity contribution in [2.45, 2.75) is 31.2 Å². The summed E-state index contributed by atoms with van der Waals surface area (Å²) >= 11 is 0. The Morgan fingerprint density at radius 1 is 0.914 bits per heavy atom. The van der Waals surface area contributed by atoms with E-state index in [1.807, 2.05) is 36.4 Å². The zero-order chi connectivity index (χ0) is 24.6. The number of fused-ring (bicyclic) bond motifs is 3. The number of aliphatic carboxylic acids is 1. The van der Waals surface area contributed by atoms with Crippen molar-refractivity contribution in [2.24, 2.45) is 5.92 Å². The molecule has 2 aliphatic rings. The van der Waals surface area contributed by atoms with Gasteiger partial charge in [0, 0.05) is 5.92 Å². The third-order valence-corrected chi connectivity index (χ3v) is 6.96. The third kappa shape index (κ3) is 4.25. The van der Waals surface area contributed by atoms with Crippen molar-refractivity contribution in [3.8, 4) is 11.1 Å². The zero-order valence-electron chi connectivity index (χ0n) is 19.3. The van der Waals surface area contributed by atoms with Gasteiger partial charge in [-0.2, -0.15) is 0 Å². The number of anilines is 1. The minimum Gasteiger partial charge on any atom is -0.480 e. The molecule has 0 spiro atoms. The molecule has 1 unspecified atom stereocenters. The maximum absolute atomic E-state index is 13.0. The molecule has 2 amide bonds. The number of hydrogen-bond acceptors (Lipinski definition) is 4. The summed E-state index contributed by atoms with van der Waals surface area (Å²) in [4.78, 5) is 37.5. The SMILES string of the molecule is CC(NC(=O)c1ccccc1NC(=O)OCC1c2ccccc2-c2ccccc21)(C(=O)O)C1CC1. The van der Waals surface area contributed by atoms with E-state index in [0.29, 0.717) is 0 Å². The largest absolute Gasteiger partial charge is 0.480 e. The Hall–Kier alpha value is -4.13. The number of nitrogens with one attached hydrogen (secondary N) is 2. The fraction of sp³-hybridized carbons (Fsp3) is 0.250. The number of carbonyl (C=O) groups is 3. The molecule has 3 aromatic carbocycles. The highest BCUT2D eigenvalue weighted by atomic mass is 16.5. The van der Waals surface area contributed by atoms with Crippen molar-refractivity contribution in [1.29, 1.82) is 0 Å². The molecule has 2 aliphatic carbocycles. The van der Waals surface area contributed by atoms with Crippen LogP contribution in [-0.4, -0.2) is 35.2 Å². The number of carboxylic acid groups (broad SMARTS) is 1. The van der Waals surface area contributed by atoms with Crippen molar-refractivity contribution < 1.29 is 24.2 Å². The van der Waals surface area contributed by atoms with Gasteiger partial charge in [-0.1, -0.05) is 60.7 Å². The fourth-order valence-corrected chi connectivity index (χ4v) is 4.83. The normalized spacial score (nSPS) is 15.9. The Bertz CT molecular complexity index is 1270. The average molecular weight is 471 g/mol. The second-order valence-electron chi connectivity index (χ2n) is 9.23. The molecule has 0 aliphatic heterocycles. The van der Waals surface area contributed by atoms with Gasteiger partial charge in [0.1, 0.15) is 12.1 Å². The first-order valence-corrected chi connectivity index (χ1v) is 11.7. The van der Waals surface area contributed by atoms with Crippen LogP contribution in [-0.2, 0) is 9.53 Å². The van der Waals surface area contributed by atoms with E-state index in [-0.39, 0.29) is 29.7 Å². The molecule has 35 heavy (non-hydrogen) atoms. The molecule has 1 fully saturated rings. The minimum absolute atomic E-state index is 0.0819. The monoisotopic (exact) mass is 470 g/mol. The van der Waals surface area contributed by atoms with E-state index < -0.39 is 23.5 Å². The van der Waals surface area contributed by atoms with Crippen molar-refractivity contribution in [2.75, 3.05) is 11.9 Å².